The number of carboxylic acids is 1. The highest BCUT2D eigenvalue weighted by Gasteiger charge is 2.29. The molecule has 182 valence electrons. The SMILES string of the molecule is CC(C)C(CCNC(=O)OCC1c2ccccc2-c2ccccc21)CCC(=O)NCCC(=O)O. The predicted octanol–water partition coefficient (Wildman–Crippen LogP) is 4.56. The molecule has 7 nitrogen and oxygen atoms in total. The number of rotatable bonds is 12. The Labute approximate surface area is 200 Å². The van der Waals surface area contributed by atoms with Crippen LogP contribution >= 0.6 is 0 Å². The third-order valence-corrected chi connectivity index (χ3v) is 6.47. The van der Waals surface area contributed by atoms with Crippen molar-refractivity contribution in [3.8, 4) is 11.1 Å². The van der Waals surface area contributed by atoms with Gasteiger partial charge < -0.3 is 20.5 Å². The molecule has 0 saturated heterocycles. The number of nitrogens with one attached hydrogen (secondary N) is 2. The number of alkyl carbamates (subject to hydrolysis) is 1. The minimum atomic E-state index is -0.931. The quantitative estimate of drug-likeness (QED) is 0.425. The maximum Gasteiger partial charge on any atom is 0.407 e. The lowest BCUT2D eigenvalue weighted by Gasteiger charge is -2.21. The molecular formula is C27H34N2O5. The summed E-state index contributed by atoms with van der Waals surface area (Å²) in [5.41, 5.74) is 4.74. The Kier molecular flexibility index (Phi) is 9.08. The van der Waals surface area contributed by atoms with E-state index in [0.717, 1.165) is 6.42 Å². The molecule has 1 atom stereocenters. The molecule has 3 rings (SSSR count). The zero-order valence-electron chi connectivity index (χ0n) is 19.9. The molecular weight excluding hydrogens is 432 g/mol. The number of carbonyl (C=O) groups excluding carboxylic acids is 2. The zero-order chi connectivity index (χ0) is 24.5. The minimum absolute atomic E-state index is 0.0289. The number of carbonyl (C=O) groups is 3. The van der Waals surface area contributed by atoms with Gasteiger partial charge >= 0.3 is 12.1 Å². The van der Waals surface area contributed by atoms with E-state index in [1.807, 2.05) is 24.3 Å². The standard InChI is InChI=1S/C27H34N2O5/c1-18(2)19(11-12-25(30)28-16-14-26(31)32)13-15-29-27(33)34-17-24-22-9-5-3-7-20(22)21-8-4-6-10-23(21)24/h3-10,18-19,24H,11-17H2,1-2H3,(H,28,30)(H,29,33)(H,31,32). The number of fused-ring (bicyclic) bond motifs is 3. The molecule has 0 heterocycles. The Hall–Kier alpha value is -3.35. The zero-order valence-corrected chi connectivity index (χ0v) is 19.9. The van der Waals surface area contributed by atoms with Crippen LogP contribution in [0.3, 0.4) is 0 Å². The van der Waals surface area contributed by atoms with Gasteiger partial charge in [-0.3, -0.25) is 9.59 Å². The molecule has 0 spiro atoms. The van der Waals surface area contributed by atoms with Crippen molar-refractivity contribution in [1.29, 1.82) is 0 Å². The number of carboxylic acid groups (broad SMARTS) is 1. The van der Waals surface area contributed by atoms with Crippen molar-refractivity contribution >= 4 is 18.0 Å². The largest absolute Gasteiger partial charge is 0.481 e. The molecule has 0 bridgehead atoms. The summed E-state index contributed by atoms with van der Waals surface area (Å²) in [7, 11) is 0. The highest BCUT2D eigenvalue weighted by atomic mass is 16.5. The predicted molar refractivity (Wildman–Crippen MR) is 131 cm³/mol. The average molecular weight is 467 g/mol. The van der Waals surface area contributed by atoms with Crippen LogP contribution in [0.25, 0.3) is 11.1 Å². The van der Waals surface area contributed by atoms with Crippen LogP contribution in [0.4, 0.5) is 4.79 Å². The first-order chi connectivity index (χ1) is 16.4. The fourth-order valence-electron chi connectivity index (χ4n) is 4.53. The van der Waals surface area contributed by atoms with Crippen molar-refractivity contribution in [2.45, 2.75) is 45.4 Å². The molecule has 34 heavy (non-hydrogen) atoms. The van der Waals surface area contributed by atoms with Crippen LogP contribution in [-0.2, 0) is 14.3 Å². The van der Waals surface area contributed by atoms with E-state index in [1.165, 1.54) is 22.3 Å². The lowest BCUT2D eigenvalue weighted by molar-refractivity contribution is -0.136. The van der Waals surface area contributed by atoms with Crippen molar-refractivity contribution in [2.75, 3.05) is 19.7 Å². The van der Waals surface area contributed by atoms with Gasteiger partial charge in [0, 0.05) is 25.4 Å². The monoisotopic (exact) mass is 466 g/mol. The fourth-order valence-corrected chi connectivity index (χ4v) is 4.53. The summed E-state index contributed by atoms with van der Waals surface area (Å²) in [6, 6.07) is 16.5. The Balaban J connectivity index is 1.42. The Bertz CT molecular complexity index is 959. The summed E-state index contributed by atoms with van der Waals surface area (Å²) < 4.78 is 5.58. The molecule has 3 N–H and O–H groups in total. The molecule has 1 aliphatic carbocycles. The van der Waals surface area contributed by atoms with E-state index in [4.69, 9.17) is 9.84 Å². The van der Waals surface area contributed by atoms with Gasteiger partial charge in [0.2, 0.25) is 5.91 Å². The first-order valence-electron chi connectivity index (χ1n) is 11.9. The van der Waals surface area contributed by atoms with E-state index in [2.05, 4.69) is 48.7 Å². The van der Waals surface area contributed by atoms with E-state index >= 15 is 0 Å². The highest BCUT2D eigenvalue weighted by molar-refractivity contribution is 5.79. The lowest BCUT2D eigenvalue weighted by Crippen LogP contribution is -2.30. The number of ether oxygens (including phenoxy) is 1. The number of benzene rings is 2. The van der Waals surface area contributed by atoms with Crippen molar-refractivity contribution in [3.05, 3.63) is 59.7 Å². The summed E-state index contributed by atoms with van der Waals surface area (Å²) in [6.45, 7) is 5.09. The first kappa shape index (κ1) is 25.3. The number of aliphatic carboxylic acids is 1. The molecule has 0 aromatic heterocycles. The van der Waals surface area contributed by atoms with E-state index in [0.29, 0.717) is 25.3 Å². The second-order valence-corrected chi connectivity index (χ2v) is 9.08. The van der Waals surface area contributed by atoms with Gasteiger partial charge in [0.05, 0.1) is 6.42 Å². The average Bonchev–Trinajstić information content (AvgIpc) is 3.13. The molecule has 0 fully saturated rings. The van der Waals surface area contributed by atoms with E-state index in [-0.39, 0.29) is 37.3 Å². The highest BCUT2D eigenvalue weighted by Crippen LogP contribution is 2.44. The molecule has 1 aliphatic rings. The summed E-state index contributed by atoms with van der Waals surface area (Å²) in [4.78, 5) is 34.8. The Morgan fingerprint density at radius 2 is 1.50 bits per heavy atom. The maximum atomic E-state index is 12.4. The van der Waals surface area contributed by atoms with E-state index in [9.17, 15) is 14.4 Å². The number of hydrogen-bond donors (Lipinski definition) is 3. The van der Waals surface area contributed by atoms with Crippen LogP contribution in [0.5, 0.6) is 0 Å². The topological polar surface area (TPSA) is 105 Å². The van der Waals surface area contributed by atoms with Crippen LogP contribution < -0.4 is 10.6 Å². The van der Waals surface area contributed by atoms with Crippen LogP contribution in [0.15, 0.2) is 48.5 Å². The fraction of sp³-hybridized carbons (Fsp3) is 0.444. The van der Waals surface area contributed by atoms with E-state index in [1.54, 1.807) is 0 Å². The Morgan fingerprint density at radius 1 is 0.882 bits per heavy atom. The van der Waals surface area contributed by atoms with Crippen LogP contribution in [-0.4, -0.2) is 42.8 Å². The van der Waals surface area contributed by atoms with Crippen LogP contribution in [0.2, 0.25) is 0 Å². The Morgan fingerprint density at radius 3 is 2.09 bits per heavy atom. The summed E-state index contributed by atoms with van der Waals surface area (Å²) in [6.07, 6.45) is 1.25. The van der Waals surface area contributed by atoms with Crippen molar-refractivity contribution in [2.24, 2.45) is 11.8 Å². The van der Waals surface area contributed by atoms with Gasteiger partial charge in [-0.1, -0.05) is 62.4 Å². The second-order valence-electron chi connectivity index (χ2n) is 9.08. The van der Waals surface area contributed by atoms with Gasteiger partial charge in [-0.05, 0) is 46.9 Å². The molecule has 0 aliphatic heterocycles. The van der Waals surface area contributed by atoms with Gasteiger partial charge in [0.25, 0.3) is 0 Å². The summed E-state index contributed by atoms with van der Waals surface area (Å²) in [5.74, 6) is -0.424. The molecule has 1 unspecified atom stereocenters. The van der Waals surface area contributed by atoms with Crippen molar-refractivity contribution in [3.63, 3.8) is 0 Å². The molecule has 2 aromatic rings. The molecule has 0 saturated carbocycles. The van der Waals surface area contributed by atoms with Gasteiger partial charge in [0.15, 0.2) is 0 Å². The maximum absolute atomic E-state index is 12.4. The summed E-state index contributed by atoms with van der Waals surface area (Å²) >= 11 is 0. The van der Waals surface area contributed by atoms with Gasteiger partial charge in [-0.2, -0.15) is 0 Å². The molecule has 2 aromatic carbocycles. The van der Waals surface area contributed by atoms with Gasteiger partial charge in [-0.25, -0.2) is 4.79 Å². The van der Waals surface area contributed by atoms with Crippen molar-refractivity contribution < 1.29 is 24.2 Å². The number of amides is 2. The molecule has 2 amide bonds. The summed E-state index contributed by atoms with van der Waals surface area (Å²) in [5, 5.41) is 14.1. The number of hydrogen-bond acceptors (Lipinski definition) is 4. The minimum Gasteiger partial charge on any atom is -0.481 e. The van der Waals surface area contributed by atoms with Crippen molar-refractivity contribution in [1.82, 2.24) is 10.6 Å². The van der Waals surface area contributed by atoms with Gasteiger partial charge in [0.1, 0.15) is 6.61 Å². The third-order valence-electron chi connectivity index (χ3n) is 6.47. The van der Waals surface area contributed by atoms with Gasteiger partial charge in [-0.15, -0.1) is 0 Å². The molecule has 7 heteroatoms. The van der Waals surface area contributed by atoms with E-state index < -0.39 is 12.1 Å². The molecule has 0 radical (unpaired) electrons. The smallest absolute Gasteiger partial charge is 0.407 e. The van der Waals surface area contributed by atoms with Crippen LogP contribution in [0, 0.1) is 11.8 Å². The lowest BCUT2D eigenvalue weighted by atomic mass is 9.88. The van der Waals surface area contributed by atoms with Crippen LogP contribution in [0.1, 0.15) is 56.6 Å². The third kappa shape index (κ3) is 6.83. The normalized spacial score (nSPS) is 13.1. The second kappa shape index (κ2) is 12.2. The first-order valence-corrected chi connectivity index (χ1v) is 11.9.